The average Bonchev–Trinajstić information content (AvgIpc) is 2.38. The second-order valence-corrected chi connectivity index (χ2v) is 3.97. The first-order valence-electron chi connectivity index (χ1n) is 5.85. The molecule has 0 saturated heterocycles. The number of rotatable bonds is 6. The van der Waals surface area contributed by atoms with E-state index in [0.717, 1.165) is 12.3 Å². The molecular weight excluding hydrogens is 266 g/mol. The van der Waals surface area contributed by atoms with Crippen molar-refractivity contribution in [1.29, 1.82) is 0 Å². The largest absolute Gasteiger partial charge is 0.370 e. The van der Waals surface area contributed by atoms with E-state index in [-0.39, 0.29) is 17.1 Å². The number of nitrogens with two attached hydrogens (primary N) is 1. The van der Waals surface area contributed by atoms with Crippen LogP contribution in [0.3, 0.4) is 0 Å². The number of carbonyl (C=O) groups is 2. The fourth-order valence-corrected chi connectivity index (χ4v) is 1.38. The molecule has 2 amide bonds. The van der Waals surface area contributed by atoms with Gasteiger partial charge in [-0.15, -0.1) is 0 Å². The highest BCUT2D eigenvalue weighted by Crippen LogP contribution is 2.19. The van der Waals surface area contributed by atoms with Gasteiger partial charge in [0.2, 0.25) is 5.91 Å². The van der Waals surface area contributed by atoms with Crippen LogP contribution in [0, 0.1) is 10.1 Å². The van der Waals surface area contributed by atoms with Crippen LogP contribution in [0.5, 0.6) is 0 Å². The second-order valence-electron chi connectivity index (χ2n) is 3.97. The van der Waals surface area contributed by atoms with Crippen molar-refractivity contribution < 1.29 is 14.5 Å². The maximum absolute atomic E-state index is 12.0. The topological polar surface area (TPSA) is 140 Å². The SMILES string of the molecule is CCNc1ncc([N+](=O)[O-])cc1C(=O)NC(C)C(N)=O. The van der Waals surface area contributed by atoms with Gasteiger partial charge < -0.3 is 16.4 Å². The molecule has 1 aromatic rings. The standard InChI is InChI=1S/C11H15N5O4/c1-3-13-10-8(4-7(5-14-10)16(19)20)11(18)15-6(2)9(12)17/h4-6H,3H2,1-2H3,(H2,12,17)(H,13,14)(H,15,18). The first-order valence-corrected chi connectivity index (χ1v) is 5.85. The molecule has 1 aromatic heterocycles. The fraction of sp³-hybridized carbons (Fsp3) is 0.364. The van der Waals surface area contributed by atoms with E-state index in [2.05, 4.69) is 15.6 Å². The number of anilines is 1. The van der Waals surface area contributed by atoms with Gasteiger partial charge >= 0.3 is 0 Å². The number of hydrogen-bond acceptors (Lipinski definition) is 6. The zero-order valence-electron chi connectivity index (χ0n) is 11.0. The molecule has 20 heavy (non-hydrogen) atoms. The van der Waals surface area contributed by atoms with Crippen LogP contribution in [0.1, 0.15) is 24.2 Å². The summed E-state index contributed by atoms with van der Waals surface area (Å²) in [5, 5.41) is 15.9. The van der Waals surface area contributed by atoms with Crippen LogP contribution in [-0.4, -0.2) is 34.3 Å². The molecular formula is C11H15N5O4. The summed E-state index contributed by atoms with van der Waals surface area (Å²) >= 11 is 0. The summed E-state index contributed by atoms with van der Waals surface area (Å²) in [5.74, 6) is -1.17. The lowest BCUT2D eigenvalue weighted by molar-refractivity contribution is -0.385. The van der Waals surface area contributed by atoms with E-state index in [9.17, 15) is 19.7 Å². The van der Waals surface area contributed by atoms with Crippen LogP contribution in [0.25, 0.3) is 0 Å². The van der Waals surface area contributed by atoms with E-state index in [1.165, 1.54) is 6.92 Å². The van der Waals surface area contributed by atoms with Crippen molar-refractivity contribution in [3.8, 4) is 0 Å². The summed E-state index contributed by atoms with van der Waals surface area (Å²) in [6, 6.07) is 0.199. The van der Waals surface area contributed by atoms with Gasteiger partial charge in [0.25, 0.3) is 11.6 Å². The van der Waals surface area contributed by atoms with E-state index < -0.39 is 22.8 Å². The first kappa shape index (κ1) is 15.3. The van der Waals surface area contributed by atoms with Crippen molar-refractivity contribution in [3.63, 3.8) is 0 Å². The van der Waals surface area contributed by atoms with E-state index in [1.54, 1.807) is 6.92 Å². The molecule has 9 nitrogen and oxygen atoms in total. The second kappa shape index (κ2) is 6.45. The molecule has 1 unspecified atom stereocenters. The molecule has 9 heteroatoms. The summed E-state index contributed by atoms with van der Waals surface area (Å²) in [4.78, 5) is 36.8. The molecule has 0 aliphatic heterocycles. The molecule has 0 aliphatic rings. The van der Waals surface area contributed by atoms with Crippen LogP contribution >= 0.6 is 0 Å². The third-order valence-electron chi connectivity index (χ3n) is 2.45. The van der Waals surface area contributed by atoms with Gasteiger partial charge in [-0.3, -0.25) is 19.7 Å². The Bertz CT molecular complexity index is 546. The molecule has 0 aliphatic carbocycles. The third-order valence-corrected chi connectivity index (χ3v) is 2.45. The predicted octanol–water partition coefficient (Wildman–Crippen LogP) is 0.0252. The highest BCUT2D eigenvalue weighted by atomic mass is 16.6. The Hall–Kier alpha value is -2.71. The Kier molecular flexibility index (Phi) is 4.95. The van der Waals surface area contributed by atoms with Gasteiger partial charge in [0.15, 0.2) is 0 Å². The molecule has 4 N–H and O–H groups in total. The molecule has 1 atom stereocenters. The van der Waals surface area contributed by atoms with Gasteiger partial charge in [0.1, 0.15) is 18.1 Å². The fourth-order valence-electron chi connectivity index (χ4n) is 1.38. The highest BCUT2D eigenvalue weighted by molar-refractivity contribution is 6.01. The summed E-state index contributed by atoms with van der Waals surface area (Å²) in [5.41, 5.74) is 4.71. The third kappa shape index (κ3) is 3.64. The van der Waals surface area contributed by atoms with Crippen LogP contribution in [0.4, 0.5) is 11.5 Å². The van der Waals surface area contributed by atoms with Gasteiger partial charge in [-0.05, 0) is 13.8 Å². The van der Waals surface area contributed by atoms with Crippen LogP contribution in [-0.2, 0) is 4.79 Å². The minimum absolute atomic E-state index is 0.0193. The summed E-state index contributed by atoms with van der Waals surface area (Å²) in [6.45, 7) is 3.69. The Balaban J connectivity index is 3.11. The average molecular weight is 281 g/mol. The maximum atomic E-state index is 12.0. The summed E-state index contributed by atoms with van der Waals surface area (Å²) < 4.78 is 0. The quantitative estimate of drug-likeness (QED) is 0.496. The Morgan fingerprint density at radius 1 is 1.55 bits per heavy atom. The minimum Gasteiger partial charge on any atom is -0.370 e. The molecule has 1 heterocycles. The Labute approximate surface area is 114 Å². The number of pyridine rings is 1. The lowest BCUT2D eigenvalue weighted by atomic mass is 10.2. The van der Waals surface area contributed by atoms with Gasteiger partial charge in [-0.1, -0.05) is 0 Å². The van der Waals surface area contributed by atoms with Crippen molar-refractivity contribution in [2.24, 2.45) is 5.73 Å². The van der Waals surface area contributed by atoms with Crippen molar-refractivity contribution in [3.05, 3.63) is 27.9 Å². The Morgan fingerprint density at radius 3 is 2.70 bits per heavy atom. The van der Waals surface area contributed by atoms with Crippen molar-refractivity contribution in [2.45, 2.75) is 19.9 Å². The molecule has 0 radical (unpaired) electrons. The van der Waals surface area contributed by atoms with Crippen molar-refractivity contribution in [2.75, 3.05) is 11.9 Å². The zero-order valence-corrected chi connectivity index (χ0v) is 11.0. The monoisotopic (exact) mass is 281 g/mol. The minimum atomic E-state index is -0.892. The van der Waals surface area contributed by atoms with E-state index >= 15 is 0 Å². The predicted molar refractivity (Wildman–Crippen MR) is 71.2 cm³/mol. The van der Waals surface area contributed by atoms with E-state index in [1.807, 2.05) is 0 Å². The van der Waals surface area contributed by atoms with Crippen molar-refractivity contribution >= 4 is 23.3 Å². The number of nitrogens with zero attached hydrogens (tertiary/aromatic N) is 2. The molecule has 1 rings (SSSR count). The maximum Gasteiger partial charge on any atom is 0.288 e. The van der Waals surface area contributed by atoms with Crippen molar-refractivity contribution in [1.82, 2.24) is 10.3 Å². The number of aromatic nitrogens is 1. The molecule has 0 spiro atoms. The lowest BCUT2D eigenvalue weighted by Crippen LogP contribution is -2.42. The lowest BCUT2D eigenvalue weighted by Gasteiger charge is -2.12. The zero-order chi connectivity index (χ0) is 15.3. The highest BCUT2D eigenvalue weighted by Gasteiger charge is 2.20. The summed E-state index contributed by atoms with van der Waals surface area (Å²) in [7, 11) is 0. The van der Waals surface area contributed by atoms with Gasteiger partial charge in [0.05, 0.1) is 10.5 Å². The number of nitrogens with one attached hydrogen (secondary N) is 2. The van der Waals surface area contributed by atoms with Gasteiger partial charge in [-0.2, -0.15) is 0 Å². The van der Waals surface area contributed by atoms with Crippen LogP contribution in [0.2, 0.25) is 0 Å². The molecule has 0 bridgehead atoms. The first-order chi connectivity index (χ1) is 9.36. The number of amides is 2. The van der Waals surface area contributed by atoms with Gasteiger partial charge in [-0.25, -0.2) is 4.98 Å². The van der Waals surface area contributed by atoms with E-state index in [4.69, 9.17) is 5.73 Å². The molecule has 108 valence electrons. The molecule has 0 saturated carbocycles. The Morgan fingerprint density at radius 2 is 2.20 bits per heavy atom. The van der Waals surface area contributed by atoms with E-state index in [0.29, 0.717) is 6.54 Å². The number of primary amides is 1. The summed E-state index contributed by atoms with van der Waals surface area (Å²) in [6.07, 6.45) is 1.05. The number of carbonyl (C=O) groups excluding carboxylic acids is 2. The van der Waals surface area contributed by atoms with Gasteiger partial charge in [0, 0.05) is 12.6 Å². The smallest absolute Gasteiger partial charge is 0.288 e. The number of hydrogen-bond donors (Lipinski definition) is 3. The van der Waals surface area contributed by atoms with Crippen LogP contribution in [0.15, 0.2) is 12.3 Å². The number of nitro groups is 1. The normalized spacial score (nSPS) is 11.5. The van der Waals surface area contributed by atoms with Crippen LogP contribution < -0.4 is 16.4 Å². The molecule has 0 fully saturated rings. The molecule has 0 aromatic carbocycles.